The number of ether oxygens (including phenoxy) is 2. The summed E-state index contributed by atoms with van der Waals surface area (Å²) in [6.07, 6.45) is 1.92. The quantitative estimate of drug-likeness (QED) is 0.214. The summed E-state index contributed by atoms with van der Waals surface area (Å²) in [5.41, 5.74) is 2.47. The molecule has 0 fully saturated rings. The zero-order chi connectivity index (χ0) is 27.0. The highest BCUT2D eigenvalue weighted by molar-refractivity contribution is 6.32. The summed E-state index contributed by atoms with van der Waals surface area (Å²) < 4.78 is 17.6. The Morgan fingerprint density at radius 2 is 1.79 bits per heavy atom. The second kappa shape index (κ2) is 10.7. The molecule has 1 aliphatic heterocycles. The minimum Gasteiger partial charge on any atom is -0.493 e. The molecule has 38 heavy (non-hydrogen) atoms. The Labute approximate surface area is 230 Å². The molecular formula is C30H27Cl2NO5. The molecule has 5 rings (SSSR count). The third-order valence-corrected chi connectivity index (χ3v) is 7.58. The normalized spacial score (nSPS) is 14.7. The first-order valence-electron chi connectivity index (χ1n) is 12.5. The lowest BCUT2D eigenvalue weighted by Crippen LogP contribution is -2.29. The van der Waals surface area contributed by atoms with Crippen molar-refractivity contribution < 1.29 is 18.7 Å². The summed E-state index contributed by atoms with van der Waals surface area (Å²) in [5, 5.41) is 1.30. The van der Waals surface area contributed by atoms with Crippen molar-refractivity contribution in [3.8, 4) is 11.5 Å². The van der Waals surface area contributed by atoms with Crippen LogP contribution in [0.15, 0.2) is 63.8 Å². The third kappa shape index (κ3) is 4.63. The van der Waals surface area contributed by atoms with E-state index in [9.17, 15) is 9.59 Å². The number of amides is 1. The van der Waals surface area contributed by atoms with Crippen molar-refractivity contribution in [2.24, 2.45) is 0 Å². The molecule has 3 aromatic carbocycles. The van der Waals surface area contributed by atoms with Gasteiger partial charge in [-0.3, -0.25) is 9.59 Å². The van der Waals surface area contributed by atoms with Crippen molar-refractivity contribution in [2.45, 2.75) is 39.3 Å². The van der Waals surface area contributed by atoms with Crippen LogP contribution in [0.1, 0.15) is 58.6 Å². The van der Waals surface area contributed by atoms with Gasteiger partial charge in [0.15, 0.2) is 16.9 Å². The van der Waals surface area contributed by atoms with Crippen LogP contribution in [-0.2, 0) is 6.54 Å². The van der Waals surface area contributed by atoms with E-state index in [1.165, 1.54) is 0 Å². The molecule has 0 saturated carbocycles. The van der Waals surface area contributed by atoms with Gasteiger partial charge in [-0.15, -0.1) is 0 Å². The van der Waals surface area contributed by atoms with Crippen LogP contribution in [0.3, 0.4) is 0 Å². The number of hydrogen-bond acceptors (Lipinski definition) is 5. The highest BCUT2D eigenvalue weighted by Crippen LogP contribution is 2.42. The van der Waals surface area contributed by atoms with Crippen LogP contribution in [-0.4, -0.2) is 24.5 Å². The maximum Gasteiger partial charge on any atom is 0.291 e. The number of methoxy groups -OCH3 is 1. The average molecular weight is 552 g/mol. The molecule has 1 aliphatic rings. The molecule has 8 heteroatoms. The first kappa shape index (κ1) is 26.1. The Hall–Kier alpha value is -3.48. The molecule has 196 valence electrons. The molecular weight excluding hydrogens is 525 g/mol. The number of hydrogen-bond donors (Lipinski definition) is 0. The third-order valence-electron chi connectivity index (χ3n) is 6.80. The number of rotatable bonds is 8. The largest absolute Gasteiger partial charge is 0.493 e. The standard InChI is InChI=1S/C30H27Cl2NO5/c1-4-5-12-37-23-11-10-18(14-25(23)36-3)27-26-28(34)20-15-22(32)17(2)13-24(20)38-29(26)30(35)33(27)16-19-8-6-7-9-21(19)31/h6-11,13-15,27H,4-5,12,16H2,1-3H3. The Morgan fingerprint density at radius 3 is 2.53 bits per heavy atom. The molecule has 0 bridgehead atoms. The monoisotopic (exact) mass is 551 g/mol. The van der Waals surface area contributed by atoms with E-state index in [1.807, 2.05) is 37.3 Å². The van der Waals surface area contributed by atoms with E-state index in [-0.39, 0.29) is 23.3 Å². The molecule has 0 aliphatic carbocycles. The summed E-state index contributed by atoms with van der Waals surface area (Å²) in [7, 11) is 1.56. The molecule has 1 amide bonds. The van der Waals surface area contributed by atoms with Crippen molar-refractivity contribution in [2.75, 3.05) is 13.7 Å². The number of unbranched alkanes of at least 4 members (excludes halogenated alkanes) is 1. The number of carbonyl (C=O) groups excluding carboxylic acids is 1. The topological polar surface area (TPSA) is 69.0 Å². The van der Waals surface area contributed by atoms with Gasteiger partial charge in [0.2, 0.25) is 5.76 Å². The van der Waals surface area contributed by atoms with Gasteiger partial charge in [-0.05, 0) is 60.4 Å². The summed E-state index contributed by atoms with van der Waals surface area (Å²) in [6.45, 7) is 4.65. The van der Waals surface area contributed by atoms with E-state index >= 15 is 0 Å². The zero-order valence-electron chi connectivity index (χ0n) is 21.3. The Balaban J connectivity index is 1.69. The van der Waals surface area contributed by atoms with Gasteiger partial charge in [-0.1, -0.05) is 60.8 Å². The van der Waals surface area contributed by atoms with Crippen LogP contribution in [0.4, 0.5) is 0 Å². The molecule has 1 aromatic heterocycles. The minimum atomic E-state index is -0.729. The van der Waals surface area contributed by atoms with Crippen molar-refractivity contribution in [3.63, 3.8) is 0 Å². The van der Waals surface area contributed by atoms with Crippen LogP contribution in [0.25, 0.3) is 11.0 Å². The lowest BCUT2D eigenvalue weighted by Gasteiger charge is -2.26. The van der Waals surface area contributed by atoms with E-state index < -0.39 is 11.9 Å². The fourth-order valence-electron chi connectivity index (χ4n) is 4.76. The molecule has 2 heterocycles. The summed E-state index contributed by atoms with van der Waals surface area (Å²) in [6, 6.07) is 15.3. The van der Waals surface area contributed by atoms with E-state index in [0.717, 1.165) is 24.0 Å². The highest BCUT2D eigenvalue weighted by Gasteiger charge is 2.43. The fourth-order valence-corrected chi connectivity index (χ4v) is 5.12. The second-order valence-electron chi connectivity index (χ2n) is 9.31. The van der Waals surface area contributed by atoms with Crippen molar-refractivity contribution in [1.29, 1.82) is 0 Å². The number of halogens is 2. The van der Waals surface area contributed by atoms with Gasteiger partial charge < -0.3 is 18.8 Å². The molecule has 0 radical (unpaired) electrons. The SMILES string of the molecule is CCCCOc1ccc(C2c3c(oc4cc(C)c(Cl)cc4c3=O)C(=O)N2Cc2ccccc2Cl)cc1OC. The summed E-state index contributed by atoms with van der Waals surface area (Å²) >= 11 is 12.8. The van der Waals surface area contributed by atoms with Gasteiger partial charge >= 0.3 is 0 Å². The van der Waals surface area contributed by atoms with Gasteiger partial charge in [0.25, 0.3) is 5.91 Å². The van der Waals surface area contributed by atoms with Crippen molar-refractivity contribution in [1.82, 2.24) is 4.90 Å². The van der Waals surface area contributed by atoms with Crippen LogP contribution in [0.5, 0.6) is 11.5 Å². The predicted octanol–water partition coefficient (Wildman–Crippen LogP) is 7.34. The number of fused-ring (bicyclic) bond motifs is 2. The van der Waals surface area contributed by atoms with Crippen molar-refractivity contribution in [3.05, 3.63) is 103 Å². The highest BCUT2D eigenvalue weighted by atomic mass is 35.5. The number of nitrogens with zero attached hydrogens (tertiary/aromatic N) is 1. The predicted molar refractivity (Wildman–Crippen MR) is 149 cm³/mol. The van der Waals surface area contributed by atoms with Gasteiger partial charge in [-0.2, -0.15) is 0 Å². The van der Waals surface area contributed by atoms with E-state index in [4.69, 9.17) is 37.1 Å². The molecule has 4 aromatic rings. The molecule has 0 saturated heterocycles. The molecule has 0 spiro atoms. The summed E-state index contributed by atoms with van der Waals surface area (Å²) in [4.78, 5) is 29.3. The zero-order valence-corrected chi connectivity index (χ0v) is 22.9. The van der Waals surface area contributed by atoms with Gasteiger partial charge in [0.1, 0.15) is 5.58 Å². The number of carbonyl (C=O) groups is 1. The van der Waals surface area contributed by atoms with Crippen molar-refractivity contribution >= 4 is 40.1 Å². The summed E-state index contributed by atoms with van der Waals surface area (Å²) in [5.74, 6) is 0.739. The van der Waals surface area contributed by atoms with Gasteiger partial charge in [-0.25, -0.2) is 0 Å². The molecule has 1 atom stereocenters. The minimum absolute atomic E-state index is 0.0171. The molecule has 1 unspecified atom stereocenters. The van der Waals surface area contributed by atoms with Crippen LogP contribution in [0.2, 0.25) is 10.0 Å². The lowest BCUT2D eigenvalue weighted by atomic mass is 9.97. The first-order chi connectivity index (χ1) is 18.3. The Bertz CT molecular complexity index is 1600. The number of aryl methyl sites for hydroxylation is 1. The van der Waals surface area contributed by atoms with Crippen LogP contribution >= 0.6 is 23.2 Å². The van der Waals surface area contributed by atoms with Gasteiger partial charge in [0.05, 0.1) is 30.7 Å². The first-order valence-corrected chi connectivity index (χ1v) is 13.2. The average Bonchev–Trinajstić information content (AvgIpc) is 3.18. The molecule has 0 N–H and O–H groups in total. The van der Waals surface area contributed by atoms with E-state index in [1.54, 1.807) is 36.3 Å². The Kier molecular flexibility index (Phi) is 7.37. The van der Waals surface area contributed by atoms with Crippen LogP contribution in [0, 0.1) is 6.92 Å². The van der Waals surface area contributed by atoms with E-state index in [0.29, 0.717) is 44.7 Å². The lowest BCUT2D eigenvalue weighted by molar-refractivity contribution is 0.0714. The maximum absolute atomic E-state index is 13.9. The molecule has 6 nitrogen and oxygen atoms in total. The van der Waals surface area contributed by atoms with Gasteiger partial charge in [0, 0.05) is 16.6 Å². The number of benzene rings is 3. The van der Waals surface area contributed by atoms with Crippen LogP contribution < -0.4 is 14.9 Å². The smallest absolute Gasteiger partial charge is 0.291 e. The second-order valence-corrected chi connectivity index (χ2v) is 10.1. The fraction of sp³-hybridized carbons (Fsp3) is 0.267. The van der Waals surface area contributed by atoms with E-state index in [2.05, 4.69) is 6.92 Å². The Morgan fingerprint density at radius 1 is 1.00 bits per heavy atom. The maximum atomic E-state index is 13.9.